The van der Waals surface area contributed by atoms with Crippen molar-refractivity contribution < 1.29 is 0 Å². The summed E-state index contributed by atoms with van der Waals surface area (Å²) in [4.78, 5) is 4.93. The van der Waals surface area contributed by atoms with Crippen molar-refractivity contribution >= 4 is 0 Å². The summed E-state index contributed by atoms with van der Waals surface area (Å²) in [6, 6.07) is 17.9. The van der Waals surface area contributed by atoms with Gasteiger partial charge in [-0.15, -0.1) is 0 Å². The minimum absolute atomic E-state index is 1.01. The van der Waals surface area contributed by atoms with Crippen molar-refractivity contribution in [3.05, 3.63) is 59.7 Å². The minimum atomic E-state index is 1.01. The van der Waals surface area contributed by atoms with Crippen LogP contribution in [-0.2, 0) is 13.1 Å². The molecule has 154 valence electrons. The maximum atomic E-state index is 2.47. The number of unbranched alkanes of at least 4 members (excludes halogenated alkanes) is 4. The van der Waals surface area contributed by atoms with Crippen LogP contribution in [0.1, 0.15) is 63.5 Å². The first-order chi connectivity index (χ1) is 13.7. The fourth-order valence-electron chi connectivity index (χ4n) is 3.85. The lowest BCUT2D eigenvalue weighted by molar-refractivity contribution is 0.317. The summed E-state index contributed by atoms with van der Waals surface area (Å²) >= 11 is 0. The van der Waals surface area contributed by atoms with E-state index in [1.165, 1.54) is 73.9 Å². The van der Waals surface area contributed by atoms with Crippen LogP contribution in [0.5, 0.6) is 0 Å². The first kappa shape index (κ1) is 22.6. The molecule has 0 atom stereocenters. The predicted octanol–water partition coefficient (Wildman–Crippen LogP) is 6.60. The van der Waals surface area contributed by atoms with E-state index in [9.17, 15) is 0 Å². The number of benzene rings is 2. The van der Waals surface area contributed by atoms with Gasteiger partial charge in [0.05, 0.1) is 0 Å². The van der Waals surface area contributed by atoms with Crippen molar-refractivity contribution in [1.29, 1.82) is 0 Å². The molecule has 0 aliphatic carbocycles. The molecule has 0 saturated heterocycles. The van der Waals surface area contributed by atoms with Crippen LogP contribution < -0.4 is 0 Å². The highest BCUT2D eigenvalue weighted by molar-refractivity contribution is 5.70. The van der Waals surface area contributed by atoms with Crippen molar-refractivity contribution in [2.75, 3.05) is 27.2 Å². The number of rotatable bonds is 13. The number of hydrogen-bond acceptors (Lipinski definition) is 2. The minimum Gasteiger partial charge on any atom is -0.302 e. The van der Waals surface area contributed by atoms with Crippen LogP contribution in [0.15, 0.2) is 48.5 Å². The maximum absolute atomic E-state index is 2.47. The molecule has 2 heteroatoms. The molecule has 0 aromatic heterocycles. The molecule has 0 heterocycles. The summed E-state index contributed by atoms with van der Waals surface area (Å²) in [5.74, 6) is 0. The second-order valence-corrected chi connectivity index (χ2v) is 8.20. The molecule has 0 spiro atoms. The van der Waals surface area contributed by atoms with Gasteiger partial charge in [0.25, 0.3) is 0 Å². The molecule has 2 aromatic rings. The summed E-state index contributed by atoms with van der Waals surface area (Å²) in [6.45, 7) is 8.91. The van der Waals surface area contributed by atoms with Gasteiger partial charge >= 0.3 is 0 Å². The molecule has 2 nitrogen and oxygen atoms in total. The van der Waals surface area contributed by atoms with Gasteiger partial charge in [0.1, 0.15) is 0 Å². The number of hydrogen-bond donors (Lipinski definition) is 0. The third-order valence-electron chi connectivity index (χ3n) is 5.49. The van der Waals surface area contributed by atoms with E-state index >= 15 is 0 Å². The highest BCUT2D eigenvalue weighted by Gasteiger charge is 2.12. The molecule has 0 amide bonds. The van der Waals surface area contributed by atoms with Crippen molar-refractivity contribution in [1.82, 2.24) is 9.80 Å². The lowest BCUT2D eigenvalue weighted by Crippen LogP contribution is -2.20. The van der Waals surface area contributed by atoms with Gasteiger partial charge in [0, 0.05) is 13.1 Å². The molecule has 0 saturated carbocycles. The Hall–Kier alpha value is -1.64. The zero-order valence-corrected chi connectivity index (χ0v) is 18.6. The second-order valence-electron chi connectivity index (χ2n) is 8.20. The van der Waals surface area contributed by atoms with E-state index in [2.05, 4.69) is 86.3 Å². The second kappa shape index (κ2) is 12.7. The third-order valence-corrected chi connectivity index (χ3v) is 5.49. The fraction of sp³-hybridized carbons (Fsp3) is 0.538. The Kier molecular flexibility index (Phi) is 10.3. The van der Waals surface area contributed by atoms with Gasteiger partial charge in [-0.25, -0.2) is 0 Å². The molecule has 0 unspecified atom stereocenters. The standard InChI is InChI=1S/C26H40N2/c1-5-7-13-19-27(3)21-23-15-9-11-17-25(23)26-18-12-10-16-24(26)22-28(4)20-14-8-6-2/h9-12,15-18H,5-8,13-14,19-22H2,1-4H3. The SMILES string of the molecule is CCCCCN(C)Cc1ccccc1-c1ccccc1CN(C)CCCCC. The molecule has 0 aliphatic rings. The first-order valence-corrected chi connectivity index (χ1v) is 11.2. The molecule has 0 radical (unpaired) electrons. The van der Waals surface area contributed by atoms with E-state index in [0.29, 0.717) is 0 Å². The van der Waals surface area contributed by atoms with Gasteiger partial charge in [0.15, 0.2) is 0 Å². The van der Waals surface area contributed by atoms with Crippen LogP contribution in [0.2, 0.25) is 0 Å². The zero-order valence-electron chi connectivity index (χ0n) is 18.6. The smallest absolute Gasteiger partial charge is 0.0236 e. The molecular formula is C26H40N2. The van der Waals surface area contributed by atoms with Crippen LogP contribution in [-0.4, -0.2) is 37.0 Å². The maximum Gasteiger partial charge on any atom is 0.0236 e. The van der Waals surface area contributed by atoms with E-state index in [1.807, 2.05) is 0 Å². The average molecular weight is 381 g/mol. The highest BCUT2D eigenvalue weighted by Crippen LogP contribution is 2.29. The molecular weight excluding hydrogens is 340 g/mol. The first-order valence-electron chi connectivity index (χ1n) is 11.2. The number of nitrogens with zero attached hydrogens (tertiary/aromatic N) is 2. The van der Waals surface area contributed by atoms with Gasteiger partial charge in [-0.1, -0.05) is 88.1 Å². The van der Waals surface area contributed by atoms with E-state index in [-0.39, 0.29) is 0 Å². The van der Waals surface area contributed by atoms with Crippen LogP contribution in [0.4, 0.5) is 0 Å². The summed E-state index contributed by atoms with van der Waals surface area (Å²) < 4.78 is 0. The molecule has 0 bridgehead atoms. The Morgan fingerprint density at radius 3 is 1.36 bits per heavy atom. The van der Waals surface area contributed by atoms with Crippen molar-refractivity contribution in [3.63, 3.8) is 0 Å². The van der Waals surface area contributed by atoms with Gasteiger partial charge in [-0.3, -0.25) is 0 Å². The third kappa shape index (κ3) is 7.41. The van der Waals surface area contributed by atoms with E-state index in [1.54, 1.807) is 0 Å². The molecule has 2 rings (SSSR count). The largest absolute Gasteiger partial charge is 0.302 e. The molecule has 28 heavy (non-hydrogen) atoms. The predicted molar refractivity (Wildman–Crippen MR) is 124 cm³/mol. The lowest BCUT2D eigenvalue weighted by Gasteiger charge is -2.22. The summed E-state index contributed by atoms with van der Waals surface area (Å²) in [5.41, 5.74) is 5.65. The fourth-order valence-corrected chi connectivity index (χ4v) is 3.85. The normalized spacial score (nSPS) is 11.5. The van der Waals surface area contributed by atoms with Crippen LogP contribution in [0.25, 0.3) is 11.1 Å². The molecule has 2 aromatic carbocycles. The van der Waals surface area contributed by atoms with Crippen LogP contribution >= 0.6 is 0 Å². The van der Waals surface area contributed by atoms with Gasteiger partial charge < -0.3 is 9.80 Å². The summed E-state index contributed by atoms with van der Waals surface area (Å²) in [7, 11) is 4.50. The Morgan fingerprint density at radius 2 is 0.964 bits per heavy atom. The van der Waals surface area contributed by atoms with Gasteiger partial charge in [-0.05, 0) is 62.3 Å². The van der Waals surface area contributed by atoms with Crippen molar-refractivity contribution in [2.45, 2.75) is 65.5 Å². The van der Waals surface area contributed by atoms with Crippen molar-refractivity contribution in [3.8, 4) is 11.1 Å². The van der Waals surface area contributed by atoms with E-state index in [4.69, 9.17) is 0 Å². The molecule has 0 aliphatic heterocycles. The highest BCUT2D eigenvalue weighted by atomic mass is 15.1. The van der Waals surface area contributed by atoms with E-state index in [0.717, 1.165) is 13.1 Å². The topological polar surface area (TPSA) is 6.48 Å². The van der Waals surface area contributed by atoms with E-state index < -0.39 is 0 Å². The van der Waals surface area contributed by atoms with Crippen LogP contribution in [0, 0.1) is 0 Å². The molecule has 0 fully saturated rings. The Morgan fingerprint density at radius 1 is 0.571 bits per heavy atom. The summed E-state index contributed by atoms with van der Waals surface area (Å²) in [5, 5.41) is 0. The van der Waals surface area contributed by atoms with Gasteiger partial charge in [-0.2, -0.15) is 0 Å². The van der Waals surface area contributed by atoms with Crippen molar-refractivity contribution in [2.24, 2.45) is 0 Å². The Labute approximate surface area is 173 Å². The Bertz CT molecular complexity index is 620. The Balaban J connectivity index is 2.14. The monoisotopic (exact) mass is 380 g/mol. The lowest BCUT2D eigenvalue weighted by atomic mass is 9.94. The summed E-state index contributed by atoms with van der Waals surface area (Å²) in [6.07, 6.45) is 7.77. The van der Waals surface area contributed by atoms with Gasteiger partial charge in [0.2, 0.25) is 0 Å². The molecule has 0 N–H and O–H groups in total. The van der Waals surface area contributed by atoms with Crippen LogP contribution in [0.3, 0.4) is 0 Å². The zero-order chi connectivity index (χ0) is 20.2. The quantitative estimate of drug-likeness (QED) is 0.361. The average Bonchev–Trinajstić information content (AvgIpc) is 2.69.